The first-order valence-electron chi connectivity index (χ1n) is 8.11. The molecule has 0 aromatic heterocycles. The van der Waals surface area contributed by atoms with Gasteiger partial charge in [-0.2, -0.15) is 0 Å². The van der Waals surface area contributed by atoms with E-state index in [1.54, 1.807) is 11.1 Å². The molecule has 1 nitrogen and oxygen atoms in total. The van der Waals surface area contributed by atoms with Gasteiger partial charge in [0.1, 0.15) is 5.75 Å². The predicted octanol–water partition coefficient (Wildman–Crippen LogP) is 4.89. The van der Waals surface area contributed by atoms with Gasteiger partial charge in [-0.05, 0) is 74.3 Å². The lowest BCUT2D eigenvalue weighted by Gasteiger charge is -2.19. The first-order valence-corrected chi connectivity index (χ1v) is 8.11. The lowest BCUT2D eigenvalue weighted by atomic mass is 9.86. The van der Waals surface area contributed by atoms with Crippen molar-refractivity contribution in [3.8, 4) is 5.75 Å². The van der Waals surface area contributed by atoms with Crippen molar-refractivity contribution in [1.29, 1.82) is 0 Å². The highest BCUT2D eigenvalue weighted by Gasteiger charge is 2.12. The fraction of sp³-hybridized carbons (Fsp3) is 0.400. The van der Waals surface area contributed by atoms with Crippen LogP contribution in [0.1, 0.15) is 41.5 Å². The van der Waals surface area contributed by atoms with Crippen LogP contribution in [-0.2, 0) is 19.3 Å². The molecule has 0 bridgehead atoms. The average molecular weight is 280 g/mol. The van der Waals surface area contributed by atoms with Gasteiger partial charge in [-0.25, -0.2) is 0 Å². The minimum atomic E-state index is 0.827. The van der Waals surface area contributed by atoms with Gasteiger partial charge in [0, 0.05) is 0 Å². The first kappa shape index (κ1) is 14.2. The van der Waals surface area contributed by atoms with Crippen LogP contribution in [0, 0.1) is 6.92 Å². The van der Waals surface area contributed by atoms with Gasteiger partial charge >= 0.3 is 0 Å². The Hall–Kier alpha value is -1.76. The maximum atomic E-state index is 5.76. The highest BCUT2D eigenvalue weighted by Crippen LogP contribution is 2.24. The number of fused-ring (bicyclic) bond motifs is 1. The number of hydrogen-bond donors (Lipinski definition) is 0. The van der Waals surface area contributed by atoms with E-state index in [0.717, 1.165) is 18.8 Å². The van der Waals surface area contributed by atoms with Crippen molar-refractivity contribution in [3.63, 3.8) is 0 Å². The van der Waals surface area contributed by atoms with Crippen LogP contribution in [0.4, 0.5) is 0 Å². The number of ether oxygens (including phenoxy) is 1. The van der Waals surface area contributed by atoms with E-state index in [9.17, 15) is 0 Å². The minimum absolute atomic E-state index is 0.827. The van der Waals surface area contributed by atoms with E-state index in [2.05, 4.69) is 49.4 Å². The summed E-state index contributed by atoms with van der Waals surface area (Å²) in [6.45, 7) is 2.92. The maximum Gasteiger partial charge on any atom is 0.119 e. The van der Waals surface area contributed by atoms with Crippen molar-refractivity contribution in [3.05, 3.63) is 64.7 Å². The number of hydrogen-bond acceptors (Lipinski definition) is 1. The Morgan fingerprint density at radius 3 is 2.38 bits per heavy atom. The SMILES string of the molecule is Cc1ccc(OCCCCCc2ccc3c(c2)CC3)cc1. The quantitative estimate of drug-likeness (QED) is 0.656. The van der Waals surface area contributed by atoms with Crippen molar-refractivity contribution >= 4 is 0 Å². The van der Waals surface area contributed by atoms with E-state index < -0.39 is 0 Å². The summed E-state index contributed by atoms with van der Waals surface area (Å²) in [7, 11) is 0. The normalized spacial score (nSPS) is 12.6. The Bertz CT molecular complexity index is 583. The van der Waals surface area contributed by atoms with Gasteiger partial charge in [-0.15, -0.1) is 0 Å². The van der Waals surface area contributed by atoms with Crippen molar-refractivity contribution in [2.75, 3.05) is 6.61 Å². The molecule has 0 N–H and O–H groups in total. The second-order valence-electron chi connectivity index (χ2n) is 6.08. The molecule has 3 rings (SSSR count). The summed E-state index contributed by atoms with van der Waals surface area (Å²) in [5.74, 6) is 0.989. The van der Waals surface area contributed by atoms with E-state index in [1.165, 1.54) is 43.2 Å². The van der Waals surface area contributed by atoms with E-state index >= 15 is 0 Å². The van der Waals surface area contributed by atoms with Crippen LogP contribution >= 0.6 is 0 Å². The topological polar surface area (TPSA) is 9.23 Å². The highest BCUT2D eigenvalue weighted by molar-refractivity contribution is 5.38. The number of unbranched alkanes of at least 4 members (excludes halogenated alkanes) is 2. The van der Waals surface area contributed by atoms with Crippen molar-refractivity contribution in [2.45, 2.75) is 45.4 Å². The Labute approximate surface area is 128 Å². The molecule has 2 aromatic carbocycles. The molecule has 1 aliphatic rings. The van der Waals surface area contributed by atoms with Crippen LogP contribution in [0.5, 0.6) is 5.75 Å². The molecule has 2 aromatic rings. The molecule has 110 valence electrons. The summed E-state index contributed by atoms with van der Waals surface area (Å²) >= 11 is 0. The van der Waals surface area contributed by atoms with E-state index in [-0.39, 0.29) is 0 Å². The van der Waals surface area contributed by atoms with Crippen LogP contribution in [0.25, 0.3) is 0 Å². The predicted molar refractivity (Wildman–Crippen MR) is 88.1 cm³/mol. The van der Waals surface area contributed by atoms with E-state index in [1.807, 2.05) is 0 Å². The Morgan fingerprint density at radius 2 is 1.67 bits per heavy atom. The number of benzene rings is 2. The zero-order valence-electron chi connectivity index (χ0n) is 12.9. The van der Waals surface area contributed by atoms with E-state index in [4.69, 9.17) is 4.74 Å². The summed E-state index contributed by atoms with van der Waals surface area (Å²) in [4.78, 5) is 0. The van der Waals surface area contributed by atoms with Gasteiger partial charge in [0.25, 0.3) is 0 Å². The molecule has 0 heterocycles. The molecule has 0 spiro atoms. The molecule has 21 heavy (non-hydrogen) atoms. The maximum absolute atomic E-state index is 5.76. The lowest BCUT2D eigenvalue weighted by molar-refractivity contribution is 0.305. The zero-order valence-corrected chi connectivity index (χ0v) is 12.9. The van der Waals surface area contributed by atoms with Crippen molar-refractivity contribution < 1.29 is 4.74 Å². The molecule has 0 radical (unpaired) electrons. The Morgan fingerprint density at radius 1 is 0.857 bits per heavy atom. The first-order chi connectivity index (χ1) is 10.3. The van der Waals surface area contributed by atoms with Crippen LogP contribution in [-0.4, -0.2) is 6.61 Å². The molecule has 0 saturated heterocycles. The van der Waals surface area contributed by atoms with Crippen LogP contribution in [0.2, 0.25) is 0 Å². The van der Waals surface area contributed by atoms with Gasteiger partial charge in [-0.1, -0.05) is 35.9 Å². The largest absolute Gasteiger partial charge is 0.494 e. The molecule has 0 unspecified atom stereocenters. The van der Waals surface area contributed by atoms with E-state index in [0.29, 0.717) is 0 Å². The fourth-order valence-electron chi connectivity index (χ4n) is 2.84. The average Bonchev–Trinajstić information content (AvgIpc) is 2.47. The van der Waals surface area contributed by atoms with Crippen molar-refractivity contribution in [1.82, 2.24) is 0 Å². The summed E-state index contributed by atoms with van der Waals surface area (Å²) < 4.78 is 5.76. The second kappa shape index (κ2) is 6.80. The Balaban J connectivity index is 1.31. The lowest BCUT2D eigenvalue weighted by Crippen LogP contribution is -2.08. The smallest absolute Gasteiger partial charge is 0.119 e. The third-order valence-corrected chi connectivity index (χ3v) is 4.33. The molecular formula is C20H24O. The molecule has 0 amide bonds. The zero-order chi connectivity index (χ0) is 14.5. The van der Waals surface area contributed by atoms with Gasteiger partial charge in [0.15, 0.2) is 0 Å². The van der Waals surface area contributed by atoms with Crippen LogP contribution in [0.15, 0.2) is 42.5 Å². The minimum Gasteiger partial charge on any atom is -0.494 e. The second-order valence-corrected chi connectivity index (χ2v) is 6.08. The molecule has 0 saturated carbocycles. The van der Waals surface area contributed by atoms with Gasteiger partial charge in [0.2, 0.25) is 0 Å². The highest BCUT2D eigenvalue weighted by atomic mass is 16.5. The molecule has 1 aliphatic carbocycles. The number of aryl methyl sites for hydroxylation is 4. The number of rotatable bonds is 7. The van der Waals surface area contributed by atoms with Gasteiger partial charge in [-0.3, -0.25) is 0 Å². The Kier molecular flexibility index (Phi) is 4.59. The van der Waals surface area contributed by atoms with Crippen molar-refractivity contribution in [2.24, 2.45) is 0 Å². The molecule has 0 fully saturated rings. The van der Waals surface area contributed by atoms with Gasteiger partial charge in [0.05, 0.1) is 6.61 Å². The van der Waals surface area contributed by atoms with Crippen LogP contribution in [0.3, 0.4) is 0 Å². The van der Waals surface area contributed by atoms with Gasteiger partial charge < -0.3 is 4.74 Å². The standard InChI is InChI=1S/C20H24O/c1-16-6-12-20(13-7-16)21-14-4-2-3-5-17-8-9-18-10-11-19(18)15-17/h6-9,12-13,15H,2-5,10-11,14H2,1H3. The molecular weight excluding hydrogens is 256 g/mol. The molecule has 0 atom stereocenters. The summed E-state index contributed by atoms with van der Waals surface area (Å²) in [5.41, 5.74) is 5.93. The third-order valence-electron chi connectivity index (χ3n) is 4.33. The molecule has 0 aliphatic heterocycles. The van der Waals surface area contributed by atoms with Crippen LogP contribution < -0.4 is 4.74 Å². The third kappa shape index (κ3) is 3.87. The summed E-state index contributed by atoms with van der Waals surface area (Å²) in [6.07, 6.45) is 7.41. The monoisotopic (exact) mass is 280 g/mol. The molecule has 1 heteroatoms. The fourth-order valence-corrected chi connectivity index (χ4v) is 2.84. The summed E-state index contributed by atoms with van der Waals surface area (Å²) in [5, 5.41) is 0. The summed E-state index contributed by atoms with van der Waals surface area (Å²) in [6, 6.07) is 15.3.